The summed E-state index contributed by atoms with van der Waals surface area (Å²) in [7, 11) is 0. The van der Waals surface area contributed by atoms with Gasteiger partial charge in [-0.2, -0.15) is 0 Å². The molecule has 2 aromatic carbocycles. The van der Waals surface area contributed by atoms with E-state index in [1.807, 2.05) is 0 Å². The number of anilines is 1. The minimum atomic E-state index is -0.428. The van der Waals surface area contributed by atoms with E-state index in [9.17, 15) is 4.39 Å². The highest BCUT2D eigenvalue weighted by molar-refractivity contribution is 7.80. The standard InChI is InChI=1S/C19H21ClFN3S/c1-14-4-2-3-5-15(14)13-23-8-10-24(11-9-23)19(25)22-16-6-7-18(21)17(20)12-16/h2-7,12H,8-11,13H2,1H3,(H,22,25). The number of rotatable bonds is 3. The molecule has 0 aliphatic carbocycles. The zero-order chi connectivity index (χ0) is 17.8. The Kier molecular flexibility index (Phi) is 5.89. The molecule has 0 amide bonds. The maximum absolute atomic E-state index is 13.2. The van der Waals surface area contributed by atoms with Crippen molar-refractivity contribution in [3.63, 3.8) is 0 Å². The smallest absolute Gasteiger partial charge is 0.173 e. The molecule has 6 heteroatoms. The van der Waals surface area contributed by atoms with Crippen LogP contribution in [0.2, 0.25) is 5.02 Å². The molecule has 0 atom stereocenters. The van der Waals surface area contributed by atoms with Crippen LogP contribution in [0.15, 0.2) is 42.5 Å². The summed E-state index contributed by atoms with van der Waals surface area (Å²) in [5, 5.41) is 3.89. The minimum Gasteiger partial charge on any atom is -0.346 e. The van der Waals surface area contributed by atoms with Crippen LogP contribution in [0.4, 0.5) is 10.1 Å². The molecule has 1 aliphatic rings. The molecular formula is C19H21ClFN3S. The summed E-state index contributed by atoms with van der Waals surface area (Å²) in [6.07, 6.45) is 0. The number of benzene rings is 2. The molecule has 0 saturated carbocycles. The van der Waals surface area contributed by atoms with Crippen LogP contribution in [-0.4, -0.2) is 41.1 Å². The first kappa shape index (κ1) is 18.1. The van der Waals surface area contributed by atoms with E-state index in [1.165, 1.54) is 17.2 Å². The van der Waals surface area contributed by atoms with E-state index in [1.54, 1.807) is 12.1 Å². The molecule has 1 saturated heterocycles. The third-order valence-electron chi connectivity index (χ3n) is 4.49. The molecular weight excluding hydrogens is 357 g/mol. The van der Waals surface area contributed by atoms with E-state index in [0.717, 1.165) is 32.7 Å². The van der Waals surface area contributed by atoms with Crippen molar-refractivity contribution in [1.82, 2.24) is 9.80 Å². The van der Waals surface area contributed by atoms with Crippen molar-refractivity contribution in [3.05, 3.63) is 64.4 Å². The fourth-order valence-electron chi connectivity index (χ4n) is 2.91. The number of aryl methyl sites for hydroxylation is 1. The number of nitrogens with zero attached hydrogens (tertiary/aromatic N) is 2. The van der Waals surface area contributed by atoms with Crippen molar-refractivity contribution in [3.8, 4) is 0 Å². The average molecular weight is 378 g/mol. The zero-order valence-corrected chi connectivity index (χ0v) is 15.7. The van der Waals surface area contributed by atoms with Crippen molar-refractivity contribution in [2.45, 2.75) is 13.5 Å². The summed E-state index contributed by atoms with van der Waals surface area (Å²) in [5.41, 5.74) is 3.41. The summed E-state index contributed by atoms with van der Waals surface area (Å²) in [4.78, 5) is 4.58. The Bertz CT molecular complexity index is 760. The summed E-state index contributed by atoms with van der Waals surface area (Å²) >= 11 is 11.3. The van der Waals surface area contributed by atoms with Gasteiger partial charge >= 0.3 is 0 Å². The largest absolute Gasteiger partial charge is 0.346 e. The number of hydrogen-bond acceptors (Lipinski definition) is 2. The quantitative estimate of drug-likeness (QED) is 0.803. The van der Waals surface area contributed by atoms with Crippen LogP contribution in [0.25, 0.3) is 0 Å². The van der Waals surface area contributed by atoms with Crippen molar-refractivity contribution in [1.29, 1.82) is 0 Å². The van der Waals surface area contributed by atoms with Gasteiger partial charge in [0, 0.05) is 38.4 Å². The highest BCUT2D eigenvalue weighted by atomic mass is 35.5. The molecule has 0 spiro atoms. The van der Waals surface area contributed by atoms with Crippen LogP contribution in [0.5, 0.6) is 0 Å². The zero-order valence-electron chi connectivity index (χ0n) is 14.1. The Morgan fingerprint density at radius 2 is 1.88 bits per heavy atom. The van der Waals surface area contributed by atoms with Crippen molar-refractivity contribution in [2.75, 3.05) is 31.5 Å². The normalized spacial score (nSPS) is 15.2. The van der Waals surface area contributed by atoms with E-state index in [-0.39, 0.29) is 5.02 Å². The SMILES string of the molecule is Cc1ccccc1CN1CCN(C(=S)Nc2ccc(F)c(Cl)c2)CC1. The highest BCUT2D eigenvalue weighted by Gasteiger charge is 2.19. The minimum absolute atomic E-state index is 0.0934. The van der Waals surface area contributed by atoms with E-state index >= 15 is 0 Å². The van der Waals surface area contributed by atoms with Crippen LogP contribution < -0.4 is 5.32 Å². The van der Waals surface area contributed by atoms with Crippen LogP contribution in [0, 0.1) is 12.7 Å². The first-order valence-electron chi connectivity index (χ1n) is 8.31. The fourth-order valence-corrected chi connectivity index (χ4v) is 3.39. The van der Waals surface area contributed by atoms with Gasteiger partial charge < -0.3 is 10.2 Å². The van der Waals surface area contributed by atoms with Gasteiger partial charge in [-0.25, -0.2) is 4.39 Å². The summed E-state index contributed by atoms with van der Waals surface area (Å²) in [5.74, 6) is -0.428. The number of nitrogens with one attached hydrogen (secondary N) is 1. The first-order valence-corrected chi connectivity index (χ1v) is 9.09. The molecule has 132 valence electrons. The number of thiocarbonyl (C=S) groups is 1. The molecule has 0 aromatic heterocycles. The van der Waals surface area contributed by atoms with Crippen LogP contribution in [-0.2, 0) is 6.54 Å². The van der Waals surface area contributed by atoms with Crippen molar-refractivity contribution < 1.29 is 4.39 Å². The molecule has 1 fully saturated rings. The van der Waals surface area contributed by atoms with E-state index in [4.69, 9.17) is 23.8 Å². The van der Waals surface area contributed by atoms with Gasteiger partial charge in [-0.3, -0.25) is 4.90 Å². The molecule has 3 rings (SSSR count). The average Bonchev–Trinajstić information content (AvgIpc) is 2.61. The Morgan fingerprint density at radius 3 is 2.56 bits per heavy atom. The lowest BCUT2D eigenvalue weighted by Gasteiger charge is -2.36. The van der Waals surface area contributed by atoms with Gasteiger partial charge in [0.15, 0.2) is 5.11 Å². The molecule has 1 aliphatic heterocycles. The third kappa shape index (κ3) is 4.69. The number of hydrogen-bond donors (Lipinski definition) is 1. The summed E-state index contributed by atoms with van der Waals surface area (Å²) in [6.45, 7) is 6.77. The second kappa shape index (κ2) is 8.13. The second-order valence-corrected chi connectivity index (χ2v) is 7.04. The van der Waals surface area contributed by atoms with E-state index < -0.39 is 5.82 Å². The van der Waals surface area contributed by atoms with Gasteiger partial charge in [-0.05, 0) is 48.5 Å². The molecule has 3 nitrogen and oxygen atoms in total. The Labute approximate surface area is 158 Å². The fraction of sp³-hybridized carbons (Fsp3) is 0.316. The second-order valence-electron chi connectivity index (χ2n) is 6.25. The molecule has 1 N–H and O–H groups in total. The van der Waals surface area contributed by atoms with Crippen LogP contribution in [0.3, 0.4) is 0 Å². The lowest BCUT2D eigenvalue weighted by Crippen LogP contribution is -2.49. The number of halogens is 2. The van der Waals surface area contributed by atoms with Gasteiger partial charge in [0.2, 0.25) is 0 Å². The Balaban J connectivity index is 1.52. The van der Waals surface area contributed by atoms with Crippen LogP contribution in [0.1, 0.15) is 11.1 Å². The summed E-state index contributed by atoms with van der Waals surface area (Å²) in [6, 6.07) is 13.0. The van der Waals surface area contributed by atoms with Gasteiger partial charge in [-0.1, -0.05) is 35.9 Å². The first-order chi connectivity index (χ1) is 12.0. The Morgan fingerprint density at radius 1 is 1.16 bits per heavy atom. The molecule has 25 heavy (non-hydrogen) atoms. The van der Waals surface area contributed by atoms with Crippen molar-refractivity contribution >= 4 is 34.6 Å². The third-order valence-corrected chi connectivity index (χ3v) is 5.14. The van der Waals surface area contributed by atoms with Gasteiger partial charge in [0.1, 0.15) is 5.82 Å². The lowest BCUT2D eigenvalue weighted by atomic mass is 10.1. The molecule has 1 heterocycles. The van der Waals surface area contributed by atoms with Gasteiger partial charge in [0.05, 0.1) is 5.02 Å². The van der Waals surface area contributed by atoms with Gasteiger partial charge in [-0.15, -0.1) is 0 Å². The lowest BCUT2D eigenvalue weighted by molar-refractivity contribution is 0.176. The van der Waals surface area contributed by atoms with Gasteiger partial charge in [0.25, 0.3) is 0 Å². The van der Waals surface area contributed by atoms with Crippen LogP contribution >= 0.6 is 23.8 Å². The summed E-state index contributed by atoms with van der Waals surface area (Å²) < 4.78 is 13.2. The van der Waals surface area contributed by atoms with Crippen molar-refractivity contribution in [2.24, 2.45) is 0 Å². The predicted molar refractivity (Wildman–Crippen MR) is 106 cm³/mol. The van der Waals surface area contributed by atoms with E-state index in [0.29, 0.717) is 10.8 Å². The molecule has 2 aromatic rings. The Hall–Kier alpha value is -1.69. The topological polar surface area (TPSA) is 18.5 Å². The monoisotopic (exact) mass is 377 g/mol. The van der Waals surface area contributed by atoms with E-state index in [2.05, 4.69) is 46.3 Å². The molecule has 0 bridgehead atoms. The molecule has 0 radical (unpaired) electrons. The number of piperazine rings is 1. The highest BCUT2D eigenvalue weighted by Crippen LogP contribution is 2.20. The maximum atomic E-state index is 13.2. The predicted octanol–water partition coefficient (Wildman–Crippen LogP) is 4.30. The molecule has 0 unspecified atom stereocenters. The maximum Gasteiger partial charge on any atom is 0.173 e.